The number of amides is 1. The Morgan fingerprint density at radius 2 is 1.83 bits per heavy atom. The quantitative estimate of drug-likeness (QED) is 0.558. The molecule has 0 aliphatic heterocycles. The number of anilines is 1. The molecule has 3 rings (SSSR count). The van der Waals surface area contributed by atoms with Gasteiger partial charge in [-0.2, -0.15) is 0 Å². The first-order valence-corrected chi connectivity index (χ1v) is 8.35. The molecule has 0 saturated heterocycles. The summed E-state index contributed by atoms with van der Waals surface area (Å²) in [5, 5.41) is 2.92. The van der Waals surface area contributed by atoms with Crippen molar-refractivity contribution in [3.63, 3.8) is 0 Å². The van der Waals surface area contributed by atoms with E-state index in [-0.39, 0.29) is 16.9 Å². The number of ketones is 1. The average Bonchev–Trinajstić information content (AvgIpc) is 2.97. The van der Waals surface area contributed by atoms with Gasteiger partial charge in [0.1, 0.15) is 5.52 Å². The van der Waals surface area contributed by atoms with Crippen molar-refractivity contribution in [2.24, 2.45) is 0 Å². The minimum Gasteiger partial charge on any atom is -0.431 e. The number of nitrogens with zero attached hydrogens (tertiary/aromatic N) is 1. The van der Waals surface area contributed by atoms with E-state index in [0.29, 0.717) is 22.1 Å². The Morgan fingerprint density at radius 3 is 2.50 bits per heavy atom. The van der Waals surface area contributed by atoms with Gasteiger partial charge in [0.25, 0.3) is 5.22 Å². The molecular weight excluding hydrogens is 324 g/mol. The van der Waals surface area contributed by atoms with Gasteiger partial charge in [-0.3, -0.25) is 9.59 Å². The lowest BCUT2D eigenvalue weighted by molar-refractivity contribution is -0.115. The number of carbonyl (C=O) groups is 2. The molecule has 0 spiro atoms. The normalized spacial score (nSPS) is 12.1. The van der Waals surface area contributed by atoms with Crippen molar-refractivity contribution in [3.05, 3.63) is 54.1 Å². The number of Topliss-reactive ketones (excluding diaryl/α,β-unsaturated/α-hetero) is 1. The fourth-order valence-corrected chi connectivity index (χ4v) is 2.90. The van der Waals surface area contributed by atoms with E-state index >= 15 is 0 Å². The zero-order chi connectivity index (χ0) is 17.1. The summed E-state index contributed by atoms with van der Waals surface area (Å²) in [5.74, 6) is -0.161. The third-order valence-corrected chi connectivity index (χ3v) is 4.42. The molecule has 1 amide bonds. The molecule has 0 saturated carbocycles. The van der Waals surface area contributed by atoms with E-state index in [2.05, 4.69) is 10.3 Å². The highest BCUT2D eigenvalue weighted by Gasteiger charge is 2.18. The molecule has 6 heteroatoms. The lowest BCUT2D eigenvalue weighted by atomic mass is 10.1. The van der Waals surface area contributed by atoms with E-state index in [0.717, 1.165) is 5.52 Å². The summed E-state index contributed by atoms with van der Waals surface area (Å²) < 4.78 is 5.62. The van der Waals surface area contributed by atoms with Crippen LogP contribution in [-0.4, -0.2) is 21.9 Å². The summed E-state index contributed by atoms with van der Waals surface area (Å²) in [7, 11) is 0. The SMILES string of the molecule is CC(=O)c1ccc(NC(=O)C(C)Sc2nc3ccccc3o2)cc1. The minimum atomic E-state index is -0.370. The zero-order valence-electron chi connectivity index (χ0n) is 13.3. The van der Waals surface area contributed by atoms with Gasteiger partial charge >= 0.3 is 0 Å². The molecule has 0 fully saturated rings. The van der Waals surface area contributed by atoms with Crippen molar-refractivity contribution in [3.8, 4) is 0 Å². The van der Waals surface area contributed by atoms with Crippen LogP contribution in [0.3, 0.4) is 0 Å². The Hall–Kier alpha value is -2.60. The third-order valence-electron chi connectivity index (χ3n) is 3.48. The van der Waals surface area contributed by atoms with E-state index in [1.54, 1.807) is 31.2 Å². The number of aromatic nitrogens is 1. The lowest BCUT2D eigenvalue weighted by Crippen LogP contribution is -2.22. The number of hydrogen-bond donors (Lipinski definition) is 1. The maximum absolute atomic E-state index is 12.3. The molecule has 0 radical (unpaired) electrons. The van der Waals surface area contributed by atoms with Gasteiger partial charge in [-0.15, -0.1) is 0 Å². The Bertz CT molecular complexity index is 854. The maximum Gasteiger partial charge on any atom is 0.257 e. The van der Waals surface area contributed by atoms with Crippen LogP contribution in [0.25, 0.3) is 11.1 Å². The van der Waals surface area contributed by atoms with E-state index in [1.807, 2.05) is 24.3 Å². The number of fused-ring (bicyclic) bond motifs is 1. The van der Waals surface area contributed by atoms with E-state index < -0.39 is 0 Å². The van der Waals surface area contributed by atoms with Gasteiger partial charge in [-0.1, -0.05) is 23.9 Å². The van der Waals surface area contributed by atoms with Gasteiger partial charge in [-0.25, -0.2) is 4.98 Å². The van der Waals surface area contributed by atoms with Crippen molar-refractivity contribution in [2.45, 2.75) is 24.3 Å². The van der Waals surface area contributed by atoms with Crippen molar-refractivity contribution in [1.29, 1.82) is 0 Å². The second kappa shape index (κ2) is 6.88. The molecule has 3 aromatic rings. The number of benzene rings is 2. The van der Waals surface area contributed by atoms with Crippen molar-refractivity contribution < 1.29 is 14.0 Å². The van der Waals surface area contributed by atoms with Crippen LogP contribution in [-0.2, 0) is 4.79 Å². The molecule has 122 valence electrons. The molecule has 24 heavy (non-hydrogen) atoms. The highest BCUT2D eigenvalue weighted by Crippen LogP contribution is 2.27. The van der Waals surface area contributed by atoms with Crippen LogP contribution in [0.1, 0.15) is 24.2 Å². The van der Waals surface area contributed by atoms with Crippen LogP contribution in [0.5, 0.6) is 0 Å². The Morgan fingerprint density at radius 1 is 1.12 bits per heavy atom. The Kier molecular flexibility index (Phi) is 4.66. The second-order valence-corrected chi connectivity index (χ2v) is 6.62. The van der Waals surface area contributed by atoms with Crippen molar-refractivity contribution in [2.75, 3.05) is 5.32 Å². The fourth-order valence-electron chi connectivity index (χ4n) is 2.14. The van der Waals surface area contributed by atoms with Crippen LogP contribution in [0.4, 0.5) is 5.69 Å². The van der Waals surface area contributed by atoms with Gasteiger partial charge in [0.2, 0.25) is 5.91 Å². The van der Waals surface area contributed by atoms with Gasteiger partial charge in [0.05, 0.1) is 5.25 Å². The maximum atomic E-state index is 12.3. The standard InChI is InChI=1S/C18H16N2O3S/c1-11(21)13-7-9-14(10-8-13)19-17(22)12(2)24-18-20-15-5-3-4-6-16(15)23-18/h3-10,12H,1-2H3,(H,19,22). The molecule has 2 aromatic carbocycles. The average molecular weight is 340 g/mol. The predicted octanol–water partition coefficient (Wildman–Crippen LogP) is 4.15. The van der Waals surface area contributed by atoms with E-state index in [9.17, 15) is 9.59 Å². The van der Waals surface area contributed by atoms with Gasteiger partial charge in [0.15, 0.2) is 11.4 Å². The number of thioether (sulfide) groups is 1. The summed E-state index contributed by atoms with van der Waals surface area (Å²) in [6.07, 6.45) is 0. The van der Waals surface area contributed by atoms with Crippen molar-refractivity contribution >= 4 is 40.2 Å². The molecule has 0 bridgehead atoms. The molecule has 1 aromatic heterocycles. The van der Waals surface area contributed by atoms with Gasteiger partial charge in [0, 0.05) is 11.3 Å². The minimum absolute atomic E-state index is 0.00670. The second-order valence-electron chi connectivity index (χ2n) is 5.33. The first kappa shape index (κ1) is 16.3. The fraction of sp³-hybridized carbons (Fsp3) is 0.167. The number of nitrogens with one attached hydrogen (secondary N) is 1. The molecule has 5 nitrogen and oxygen atoms in total. The summed E-state index contributed by atoms with van der Waals surface area (Å²) in [4.78, 5) is 27.9. The van der Waals surface area contributed by atoms with Gasteiger partial charge in [-0.05, 0) is 50.2 Å². The van der Waals surface area contributed by atoms with Crippen LogP contribution >= 0.6 is 11.8 Å². The molecule has 1 atom stereocenters. The third kappa shape index (κ3) is 3.65. The summed E-state index contributed by atoms with van der Waals surface area (Å²) in [6.45, 7) is 3.30. The lowest BCUT2D eigenvalue weighted by Gasteiger charge is -2.10. The van der Waals surface area contributed by atoms with Crippen LogP contribution in [0, 0.1) is 0 Å². The molecule has 1 heterocycles. The number of hydrogen-bond acceptors (Lipinski definition) is 5. The summed E-state index contributed by atoms with van der Waals surface area (Å²) >= 11 is 1.26. The van der Waals surface area contributed by atoms with Gasteiger partial charge < -0.3 is 9.73 Å². The predicted molar refractivity (Wildman–Crippen MR) is 94.4 cm³/mol. The molecular formula is C18H16N2O3S. The summed E-state index contributed by atoms with van der Waals surface area (Å²) in [5.41, 5.74) is 2.73. The molecule has 1 unspecified atom stereocenters. The smallest absolute Gasteiger partial charge is 0.257 e. The Balaban J connectivity index is 1.64. The van der Waals surface area contributed by atoms with Crippen molar-refractivity contribution in [1.82, 2.24) is 4.98 Å². The molecule has 0 aliphatic carbocycles. The monoisotopic (exact) mass is 340 g/mol. The summed E-state index contributed by atoms with van der Waals surface area (Å²) in [6, 6.07) is 14.3. The number of para-hydroxylation sites is 2. The highest BCUT2D eigenvalue weighted by atomic mass is 32.2. The largest absolute Gasteiger partial charge is 0.431 e. The van der Waals surface area contributed by atoms with Crippen LogP contribution < -0.4 is 5.32 Å². The van der Waals surface area contributed by atoms with Crippen LogP contribution in [0.2, 0.25) is 0 Å². The highest BCUT2D eigenvalue weighted by molar-refractivity contribution is 8.00. The van der Waals surface area contributed by atoms with E-state index in [4.69, 9.17) is 4.42 Å². The first-order chi connectivity index (χ1) is 11.5. The number of rotatable bonds is 5. The molecule has 1 N–H and O–H groups in total. The van der Waals surface area contributed by atoms with Crippen LogP contribution in [0.15, 0.2) is 58.2 Å². The first-order valence-electron chi connectivity index (χ1n) is 7.47. The van der Waals surface area contributed by atoms with E-state index in [1.165, 1.54) is 18.7 Å². The topological polar surface area (TPSA) is 72.2 Å². The number of oxazole rings is 1. The Labute approximate surface area is 143 Å². The zero-order valence-corrected chi connectivity index (χ0v) is 14.1. The molecule has 0 aliphatic rings. The number of carbonyl (C=O) groups excluding carboxylic acids is 2.